The third-order valence-electron chi connectivity index (χ3n) is 8.18. The van der Waals surface area contributed by atoms with Crippen molar-refractivity contribution in [3.8, 4) is 59.9 Å². The minimum Gasteiger partial charge on any atom is -0.481 e. The highest BCUT2D eigenvalue weighted by molar-refractivity contribution is 7.30. The average molecular weight is 783 g/mol. The molecule has 0 atom stereocenters. The van der Waals surface area contributed by atoms with Crippen LogP contribution in [0.15, 0.2) is 91.0 Å². The van der Waals surface area contributed by atoms with Gasteiger partial charge in [0.15, 0.2) is 0 Å². The second kappa shape index (κ2) is 14.4. The highest BCUT2D eigenvalue weighted by Crippen LogP contribution is 2.50. The van der Waals surface area contributed by atoms with Gasteiger partial charge in [-0.25, -0.2) is 9.59 Å². The second-order valence-electron chi connectivity index (χ2n) is 11.8. The van der Waals surface area contributed by atoms with Gasteiger partial charge in [0, 0.05) is 48.8 Å². The summed E-state index contributed by atoms with van der Waals surface area (Å²) in [4.78, 5) is 55.8. The van der Waals surface area contributed by atoms with Crippen molar-refractivity contribution in [2.24, 2.45) is 0 Å². The first-order valence-corrected chi connectivity index (χ1v) is 19.7. The van der Waals surface area contributed by atoms with Crippen LogP contribution in [0.3, 0.4) is 0 Å². The van der Waals surface area contributed by atoms with Crippen molar-refractivity contribution in [3.05, 3.63) is 119 Å². The van der Waals surface area contributed by atoms with Gasteiger partial charge in [-0.1, -0.05) is 24.3 Å². The third kappa shape index (κ3) is 7.27. The topological polar surface area (TPSA) is 149 Å². The molecule has 8 nitrogen and oxygen atoms in total. The van der Waals surface area contributed by atoms with Crippen molar-refractivity contribution in [3.63, 3.8) is 0 Å². The fourth-order valence-corrected chi connectivity index (χ4v) is 11.8. The van der Waals surface area contributed by atoms with Gasteiger partial charge < -0.3 is 20.4 Å². The Morgan fingerprint density at radius 1 is 0.442 bits per heavy atom. The van der Waals surface area contributed by atoms with Gasteiger partial charge in [0.25, 0.3) is 0 Å². The number of aromatic carboxylic acids is 2. The van der Waals surface area contributed by atoms with E-state index in [0.717, 1.165) is 65.5 Å². The van der Waals surface area contributed by atoms with E-state index in [2.05, 4.69) is 0 Å². The first-order chi connectivity index (χ1) is 24.9. The molecule has 0 aliphatic rings. The minimum absolute atomic E-state index is 0.152. The summed E-state index contributed by atoms with van der Waals surface area (Å²) in [6, 6.07) is 27.2. The molecule has 5 aromatic heterocycles. The van der Waals surface area contributed by atoms with E-state index in [9.17, 15) is 39.6 Å². The first kappa shape index (κ1) is 35.2. The molecule has 4 N–H and O–H groups in total. The van der Waals surface area contributed by atoms with Crippen LogP contribution in [0.1, 0.15) is 37.4 Å². The number of aryl methyl sites for hydroxylation is 1. The molecule has 0 saturated heterocycles. The SMILES string of the molecule is Cc1cc(-c2sc(-c3ccc(-c4ccc(C(=O)O)cc4)s3)cc2CC(=O)O)sc1-c1sc(-c2ccc(-c3ccc(C(=O)O)cc3)s2)cc1CC(=O)O. The Bertz CT molecular complexity index is 2490. The second-order valence-corrected chi connectivity index (χ2v) is 17.1. The Kier molecular flexibility index (Phi) is 9.79. The van der Waals surface area contributed by atoms with Crippen LogP contribution in [0.5, 0.6) is 0 Å². The molecular formula is C39H26O8S5. The number of carboxylic acid groups (broad SMARTS) is 4. The highest BCUT2D eigenvalue weighted by atomic mass is 32.1. The number of benzene rings is 2. The van der Waals surface area contributed by atoms with Crippen molar-refractivity contribution in [1.29, 1.82) is 0 Å². The van der Waals surface area contributed by atoms with E-state index in [1.165, 1.54) is 34.0 Å². The summed E-state index contributed by atoms with van der Waals surface area (Å²) >= 11 is 7.66. The molecule has 0 spiro atoms. The predicted molar refractivity (Wildman–Crippen MR) is 210 cm³/mol. The fourth-order valence-electron chi connectivity index (χ4n) is 5.71. The van der Waals surface area contributed by atoms with E-state index in [0.29, 0.717) is 11.1 Å². The standard InChI is InChI=1S/C39H26O8S5/c1-19-14-32(36-24(17-33(40)41)15-30(50-36)28-12-10-26(48-28)20-2-6-22(7-3-20)38(44)45)52-35(19)37-25(18-34(42)43)16-31(51-37)29-13-11-27(49-29)21-4-8-23(9-5-21)39(46)47/h2-16H,17-18H2,1H3,(H,40,41)(H,42,43)(H,44,45)(H,46,47). The predicted octanol–water partition coefficient (Wildman–Crippen LogP) is 11.0. The number of carbonyl (C=O) groups is 4. The van der Waals surface area contributed by atoms with Crippen LogP contribution in [0.4, 0.5) is 0 Å². The van der Waals surface area contributed by atoms with Crippen molar-refractivity contribution in [1.82, 2.24) is 0 Å². The molecule has 0 unspecified atom stereocenters. The van der Waals surface area contributed by atoms with E-state index >= 15 is 0 Å². The monoisotopic (exact) mass is 782 g/mol. The van der Waals surface area contributed by atoms with Crippen LogP contribution < -0.4 is 0 Å². The van der Waals surface area contributed by atoms with Crippen LogP contribution in [-0.2, 0) is 22.4 Å². The summed E-state index contributed by atoms with van der Waals surface area (Å²) in [5.74, 6) is -3.85. The van der Waals surface area contributed by atoms with E-state index in [-0.39, 0.29) is 24.0 Å². The molecule has 0 amide bonds. The van der Waals surface area contributed by atoms with Crippen molar-refractivity contribution >= 4 is 80.6 Å². The van der Waals surface area contributed by atoms with Crippen LogP contribution in [0.2, 0.25) is 0 Å². The maximum absolute atomic E-state index is 12.0. The number of carboxylic acids is 4. The lowest BCUT2D eigenvalue weighted by Crippen LogP contribution is -1.99. The fraction of sp³-hybridized carbons (Fsp3) is 0.0769. The van der Waals surface area contributed by atoms with Gasteiger partial charge in [0.1, 0.15) is 0 Å². The highest BCUT2D eigenvalue weighted by Gasteiger charge is 2.23. The molecule has 0 saturated carbocycles. The molecule has 7 aromatic rings. The Morgan fingerprint density at radius 2 is 0.846 bits per heavy atom. The molecule has 7 rings (SSSR count). The molecule has 0 radical (unpaired) electrons. The lowest BCUT2D eigenvalue weighted by atomic mass is 10.1. The molecule has 0 fully saturated rings. The van der Waals surface area contributed by atoms with Gasteiger partial charge in [0.05, 0.1) is 24.0 Å². The van der Waals surface area contributed by atoms with Crippen molar-refractivity contribution < 1.29 is 39.6 Å². The van der Waals surface area contributed by atoms with Gasteiger partial charge in [-0.2, -0.15) is 0 Å². The Balaban J connectivity index is 1.22. The smallest absolute Gasteiger partial charge is 0.335 e. The Labute approximate surface area is 316 Å². The normalized spacial score (nSPS) is 11.2. The largest absolute Gasteiger partial charge is 0.481 e. The number of thiophene rings is 5. The third-order valence-corrected chi connectivity index (χ3v) is 14.8. The summed E-state index contributed by atoms with van der Waals surface area (Å²) in [5, 5.41) is 38.1. The lowest BCUT2D eigenvalue weighted by molar-refractivity contribution is -0.137. The summed E-state index contributed by atoms with van der Waals surface area (Å²) in [5.41, 5.74) is 4.56. The zero-order valence-corrected chi connectivity index (χ0v) is 31.1. The molecule has 5 heterocycles. The Hall–Kier alpha value is -5.18. The van der Waals surface area contributed by atoms with E-state index in [4.69, 9.17) is 0 Å². The molecular weight excluding hydrogens is 757 g/mol. The van der Waals surface area contributed by atoms with Crippen LogP contribution in [0, 0.1) is 6.92 Å². The maximum atomic E-state index is 12.0. The summed E-state index contributed by atoms with van der Waals surface area (Å²) in [6.07, 6.45) is -0.305. The van der Waals surface area contributed by atoms with E-state index in [1.807, 2.05) is 49.4 Å². The van der Waals surface area contributed by atoms with Gasteiger partial charge in [0.2, 0.25) is 0 Å². The van der Waals surface area contributed by atoms with Gasteiger partial charge in [-0.05, 0) is 101 Å². The van der Waals surface area contributed by atoms with Crippen molar-refractivity contribution in [2.75, 3.05) is 0 Å². The molecule has 13 heteroatoms. The Morgan fingerprint density at radius 3 is 1.29 bits per heavy atom. The van der Waals surface area contributed by atoms with E-state index < -0.39 is 23.9 Å². The molecule has 260 valence electrons. The average Bonchev–Trinajstić information content (AvgIpc) is 3.95. The molecule has 0 aliphatic carbocycles. The minimum atomic E-state index is -0.986. The van der Waals surface area contributed by atoms with Gasteiger partial charge >= 0.3 is 23.9 Å². The van der Waals surface area contributed by atoms with Crippen molar-refractivity contribution in [2.45, 2.75) is 19.8 Å². The quantitative estimate of drug-likeness (QED) is 0.0957. The number of rotatable bonds is 12. The molecule has 0 aliphatic heterocycles. The molecule has 2 aromatic carbocycles. The molecule has 52 heavy (non-hydrogen) atoms. The van der Waals surface area contributed by atoms with Crippen LogP contribution in [0.25, 0.3) is 59.9 Å². The first-order valence-electron chi connectivity index (χ1n) is 15.6. The number of aliphatic carboxylic acids is 2. The van der Waals surface area contributed by atoms with Crippen LogP contribution in [-0.4, -0.2) is 44.3 Å². The maximum Gasteiger partial charge on any atom is 0.335 e. The van der Waals surface area contributed by atoms with Gasteiger partial charge in [-0.3, -0.25) is 9.59 Å². The number of hydrogen-bond acceptors (Lipinski definition) is 9. The zero-order valence-electron chi connectivity index (χ0n) is 27.0. The lowest BCUT2D eigenvalue weighted by Gasteiger charge is -2.00. The zero-order chi connectivity index (χ0) is 36.7. The van der Waals surface area contributed by atoms with Gasteiger partial charge in [-0.15, -0.1) is 56.7 Å². The summed E-state index contributed by atoms with van der Waals surface area (Å²) in [6.45, 7) is 1.98. The summed E-state index contributed by atoms with van der Waals surface area (Å²) in [7, 11) is 0. The summed E-state index contributed by atoms with van der Waals surface area (Å²) < 4.78 is 0. The van der Waals surface area contributed by atoms with E-state index in [1.54, 1.807) is 71.2 Å². The number of hydrogen-bond donors (Lipinski definition) is 4. The van der Waals surface area contributed by atoms with Crippen LogP contribution >= 0.6 is 56.7 Å². The molecule has 0 bridgehead atoms.